The van der Waals surface area contributed by atoms with Crippen LogP contribution in [0.5, 0.6) is 0 Å². The summed E-state index contributed by atoms with van der Waals surface area (Å²) in [5, 5.41) is 8.29. The molecule has 1 atom stereocenters. The van der Waals surface area contributed by atoms with E-state index in [0.717, 1.165) is 4.88 Å². The van der Waals surface area contributed by atoms with Crippen LogP contribution in [0.2, 0.25) is 0 Å². The summed E-state index contributed by atoms with van der Waals surface area (Å²) in [5.74, 6) is 0. The van der Waals surface area contributed by atoms with Crippen molar-refractivity contribution >= 4 is 11.5 Å². The maximum Gasteiger partial charge on any atom is 0.258 e. The summed E-state index contributed by atoms with van der Waals surface area (Å²) >= 11 is 1.18. The standard InChI is InChI=1S/C6H7N3OS.C2H6/c7-2-1-4(8)5-3-6(10)9-11-5;1-2/h3-4H,1,8H2,(H,9,10);1-2H3. The van der Waals surface area contributed by atoms with E-state index >= 15 is 0 Å². The van der Waals surface area contributed by atoms with Gasteiger partial charge in [0, 0.05) is 10.9 Å². The van der Waals surface area contributed by atoms with Gasteiger partial charge in [0.15, 0.2) is 0 Å². The molecular formula is C8H13N3OS. The van der Waals surface area contributed by atoms with Gasteiger partial charge in [0.05, 0.1) is 18.5 Å². The van der Waals surface area contributed by atoms with E-state index in [4.69, 9.17) is 11.0 Å². The number of rotatable bonds is 2. The molecule has 72 valence electrons. The fourth-order valence-electron chi connectivity index (χ4n) is 0.679. The fourth-order valence-corrected chi connectivity index (χ4v) is 1.36. The van der Waals surface area contributed by atoms with Gasteiger partial charge in [-0.15, -0.1) is 0 Å². The minimum Gasteiger partial charge on any atom is -0.322 e. The molecule has 1 aromatic rings. The van der Waals surface area contributed by atoms with Crippen molar-refractivity contribution in [1.82, 2.24) is 4.37 Å². The molecule has 0 amide bonds. The molecule has 13 heavy (non-hydrogen) atoms. The van der Waals surface area contributed by atoms with Crippen LogP contribution >= 0.6 is 11.5 Å². The summed E-state index contributed by atoms with van der Waals surface area (Å²) in [5.41, 5.74) is 5.39. The first-order chi connectivity index (χ1) is 6.24. The SMILES string of the molecule is CC.N#CCC(N)c1cc(=O)[nH]s1. The Hall–Kier alpha value is -1.12. The average molecular weight is 199 g/mol. The Morgan fingerprint density at radius 1 is 1.77 bits per heavy atom. The smallest absolute Gasteiger partial charge is 0.258 e. The maximum atomic E-state index is 10.6. The topological polar surface area (TPSA) is 82.7 Å². The number of H-pyrrole nitrogens is 1. The molecule has 0 aliphatic carbocycles. The average Bonchev–Trinajstić information content (AvgIpc) is 2.56. The minimum absolute atomic E-state index is 0.154. The Morgan fingerprint density at radius 2 is 2.38 bits per heavy atom. The largest absolute Gasteiger partial charge is 0.322 e. The van der Waals surface area contributed by atoms with Crippen molar-refractivity contribution in [2.24, 2.45) is 5.73 Å². The highest BCUT2D eigenvalue weighted by Crippen LogP contribution is 2.13. The van der Waals surface area contributed by atoms with Crippen LogP contribution in [0, 0.1) is 11.3 Å². The van der Waals surface area contributed by atoms with Gasteiger partial charge >= 0.3 is 0 Å². The van der Waals surface area contributed by atoms with Crippen molar-refractivity contribution in [2.75, 3.05) is 0 Å². The highest BCUT2D eigenvalue weighted by Gasteiger charge is 2.07. The van der Waals surface area contributed by atoms with Crippen molar-refractivity contribution in [3.05, 3.63) is 21.3 Å². The molecule has 0 bridgehead atoms. The second-order valence-electron chi connectivity index (χ2n) is 2.08. The third-order valence-corrected chi connectivity index (χ3v) is 2.18. The summed E-state index contributed by atoms with van der Waals surface area (Å²) < 4.78 is 2.50. The van der Waals surface area contributed by atoms with Crippen LogP contribution < -0.4 is 11.3 Å². The van der Waals surface area contributed by atoms with E-state index in [1.54, 1.807) is 0 Å². The third kappa shape index (κ3) is 3.87. The van der Waals surface area contributed by atoms with Crippen molar-refractivity contribution in [2.45, 2.75) is 26.3 Å². The second-order valence-corrected chi connectivity index (χ2v) is 2.96. The summed E-state index contributed by atoms with van der Waals surface area (Å²) in [6.07, 6.45) is 0.244. The predicted molar refractivity (Wildman–Crippen MR) is 53.4 cm³/mol. The van der Waals surface area contributed by atoms with Gasteiger partial charge in [0.25, 0.3) is 5.56 Å². The number of hydrogen-bond donors (Lipinski definition) is 2. The zero-order chi connectivity index (χ0) is 10.3. The molecule has 1 rings (SSSR count). The first-order valence-electron chi connectivity index (χ1n) is 4.05. The lowest BCUT2D eigenvalue weighted by molar-refractivity contribution is 0.764. The molecule has 3 N–H and O–H groups in total. The molecule has 0 aliphatic rings. The number of nitriles is 1. The zero-order valence-electron chi connectivity index (χ0n) is 7.70. The molecule has 0 fully saturated rings. The zero-order valence-corrected chi connectivity index (χ0v) is 8.52. The van der Waals surface area contributed by atoms with E-state index in [9.17, 15) is 4.79 Å². The maximum absolute atomic E-state index is 10.6. The van der Waals surface area contributed by atoms with E-state index in [2.05, 4.69) is 4.37 Å². The molecule has 5 heteroatoms. The van der Waals surface area contributed by atoms with Gasteiger partial charge in [-0.05, 0) is 0 Å². The van der Waals surface area contributed by atoms with Crippen molar-refractivity contribution in [3.63, 3.8) is 0 Å². The molecule has 0 saturated carbocycles. The Bertz CT molecular complexity index is 323. The third-order valence-electron chi connectivity index (χ3n) is 1.22. The van der Waals surface area contributed by atoms with Crippen LogP contribution in [-0.2, 0) is 0 Å². The van der Waals surface area contributed by atoms with Crippen LogP contribution in [-0.4, -0.2) is 4.37 Å². The number of aromatic nitrogens is 1. The first kappa shape index (κ1) is 11.9. The number of hydrogen-bond acceptors (Lipinski definition) is 4. The highest BCUT2D eigenvalue weighted by atomic mass is 32.1. The van der Waals surface area contributed by atoms with E-state index in [1.165, 1.54) is 17.6 Å². The minimum atomic E-state index is -0.330. The fraction of sp³-hybridized carbons (Fsp3) is 0.500. The van der Waals surface area contributed by atoms with Crippen LogP contribution in [0.15, 0.2) is 10.9 Å². The lowest BCUT2D eigenvalue weighted by atomic mass is 10.2. The molecule has 4 nitrogen and oxygen atoms in total. The van der Waals surface area contributed by atoms with Crippen LogP contribution in [0.1, 0.15) is 31.2 Å². The molecular weight excluding hydrogens is 186 g/mol. The van der Waals surface area contributed by atoms with Gasteiger partial charge in [-0.25, -0.2) is 0 Å². The Balaban J connectivity index is 0.000000671. The molecule has 1 aromatic heterocycles. The normalized spacial score (nSPS) is 10.9. The van der Waals surface area contributed by atoms with E-state index in [-0.39, 0.29) is 18.0 Å². The van der Waals surface area contributed by atoms with E-state index in [1.807, 2.05) is 19.9 Å². The number of nitrogens with two attached hydrogens (primary N) is 1. The van der Waals surface area contributed by atoms with E-state index < -0.39 is 0 Å². The van der Waals surface area contributed by atoms with Gasteiger partial charge in [0.1, 0.15) is 0 Å². The van der Waals surface area contributed by atoms with Gasteiger partial charge in [-0.1, -0.05) is 25.4 Å². The molecule has 1 unspecified atom stereocenters. The number of aromatic amines is 1. The number of nitrogens with one attached hydrogen (secondary N) is 1. The lowest BCUT2D eigenvalue weighted by Gasteiger charge is -1.99. The highest BCUT2D eigenvalue weighted by molar-refractivity contribution is 7.05. The lowest BCUT2D eigenvalue weighted by Crippen LogP contribution is -2.07. The molecule has 1 heterocycles. The Kier molecular flexibility index (Phi) is 5.85. The van der Waals surface area contributed by atoms with Crippen LogP contribution in [0.25, 0.3) is 0 Å². The summed E-state index contributed by atoms with van der Waals surface area (Å²) in [6.45, 7) is 4.00. The quantitative estimate of drug-likeness (QED) is 0.754. The molecule has 0 saturated heterocycles. The van der Waals surface area contributed by atoms with Crippen molar-refractivity contribution in [1.29, 1.82) is 5.26 Å². The molecule has 0 radical (unpaired) electrons. The molecule has 0 aromatic carbocycles. The summed E-state index contributed by atoms with van der Waals surface area (Å²) in [4.78, 5) is 11.3. The molecule has 0 aliphatic heterocycles. The van der Waals surface area contributed by atoms with Crippen molar-refractivity contribution < 1.29 is 0 Å². The first-order valence-corrected chi connectivity index (χ1v) is 4.86. The molecule has 0 spiro atoms. The van der Waals surface area contributed by atoms with Gasteiger partial charge in [-0.2, -0.15) is 5.26 Å². The summed E-state index contributed by atoms with van der Waals surface area (Å²) in [6, 6.07) is 3.03. The Labute approximate surface area is 81.2 Å². The summed E-state index contributed by atoms with van der Waals surface area (Å²) in [7, 11) is 0. The second kappa shape index (κ2) is 6.40. The van der Waals surface area contributed by atoms with Crippen LogP contribution in [0.4, 0.5) is 0 Å². The van der Waals surface area contributed by atoms with Gasteiger partial charge in [0.2, 0.25) is 0 Å². The van der Waals surface area contributed by atoms with Crippen LogP contribution in [0.3, 0.4) is 0 Å². The Morgan fingerprint density at radius 3 is 2.77 bits per heavy atom. The monoisotopic (exact) mass is 199 g/mol. The number of nitrogens with zero attached hydrogens (tertiary/aromatic N) is 1. The van der Waals surface area contributed by atoms with Crippen molar-refractivity contribution in [3.8, 4) is 6.07 Å². The van der Waals surface area contributed by atoms with Gasteiger partial charge in [-0.3, -0.25) is 9.17 Å². The predicted octanol–water partition coefficient (Wildman–Crippen LogP) is 1.38. The van der Waals surface area contributed by atoms with Gasteiger partial charge < -0.3 is 5.73 Å². The van der Waals surface area contributed by atoms with E-state index in [0.29, 0.717) is 0 Å².